The highest BCUT2D eigenvalue weighted by Gasteiger charge is 2.00. The van der Waals surface area contributed by atoms with Gasteiger partial charge in [-0.2, -0.15) is 0 Å². The summed E-state index contributed by atoms with van der Waals surface area (Å²) in [5, 5.41) is 0. The minimum absolute atomic E-state index is 0.938. The monoisotopic (exact) mass is 97.1 g/mol. The number of aliphatic imine (C=N–C) groups is 1. The first-order valence-corrected chi connectivity index (χ1v) is 2.60. The third-order valence-corrected chi connectivity index (χ3v) is 1.08. The molecule has 0 aromatic rings. The van der Waals surface area contributed by atoms with E-state index in [2.05, 4.69) is 23.2 Å². The first kappa shape index (κ1) is 4.62. The highest BCUT2D eigenvalue weighted by molar-refractivity contribution is 5.56. The topological polar surface area (TPSA) is 15.6 Å². The van der Waals surface area contributed by atoms with Gasteiger partial charge in [0, 0.05) is 13.1 Å². The van der Waals surface area contributed by atoms with Crippen LogP contribution in [0.5, 0.6) is 0 Å². The molecule has 0 saturated heterocycles. The third kappa shape index (κ3) is 0.918. The fraction of sp³-hybridized carbons (Fsp3) is 0.800. The molecule has 0 aromatic carbocycles. The summed E-state index contributed by atoms with van der Waals surface area (Å²) >= 11 is 0. The summed E-state index contributed by atoms with van der Waals surface area (Å²) in [6.45, 7) is 5.15. The standard InChI is InChI=1S/C5H9N2/c1-2-7-4-3-6-5-7/h2-4H2,1H3. The SMILES string of the molecule is CCN1[C]=NCC1. The van der Waals surface area contributed by atoms with Crippen LogP contribution < -0.4 is 0 Å². The van der Waals surface area contributed by atoms with Crippen LogP contribution in [0, 0.1) is 0 Å². The van der Waals surface area contributed by atoms with E-state index in [0.717, 1.165) is 19.6 Å². The van der Waals surface area contributed by atoms with Crippen molar-refractivity contribution in [1.29, 1.82) is 0 Å². The van der Waals surface area contributed by atoms with Crippen LogP contribution in [-0.4, -0.2) is 30.9 Å². The number of likely N-dealkylation sites (N-methyl/N-ethyl adjacent to an activating group) is 1. The van der Waals surface area contributed by atoms with Gasteiger partial charge in [-0.15, -0.1) is 0 Å². The number of hydrogen-bond acceptors (Lipinski definition) is 2. The second kappa shape index (κ2) is 1.96. The lowest BCUT2D eigenvalue weighted by Gasteiger charge is -2.05. The Morgan fingerprint density at radius 2 is 2.71 bits per heavy atom. The highest BCUT2D eigenvalue weighted by Crippen LogP contribution is 1.89. The molecule has 0 saturated carbocycles. The number of nitrogens with zero attached hydrogens (tertiary/aromatic N) is 2. The van der Waals surface area contributed by atoms with Crippen molar-refractivity contribution in [3.8, 4) is 0 Å². The maximum Gasteiger partial charge on any atom is 0.167 e. The number of rotatable bonds is 1. The van der Waals surface area contributed by atoms with Gasteiger partial charge in [-0.3, -0.25) is 4.99 Å². The van der Waals surface area contributed by atoms with Crippen LogP contribution in [0.25, 0.3) is 0 Å². The zero-order chi connectivity index (χ0) is 5.11. The molecule has 7 heavy (non-hydrogen) atoms. The van der Waals surface area contributed by atoms with Crippen molar-refractivity contribution < 1.29 is 0 Å². The fourth-order valence-corrected chi connectivity index (χ4v) is 0.600. The van der Waals surface area contributed by atoms with Crippen molar-refractivity contribution in [2.45, 2.75) is 6.92 Å². The van der Waals surface area contributed by atoms with E-state index in [-0.39, 0.29) is 0 Å². The van der Waals surface area contributed by atoms with Crippen LogP contribution in [0.15, 0.2) is 4.99 Å². The zero-order valence-electron chi connectivity index (χ0n) is 4.52. The van der Waals surface area contributed by atoms with Crippen LogP contribution in [0.1, 0.15) is 6.92 Å². The van der Waals surface area contributed by atoms with E-state index in [1.807, 2.05) is 0 Å². The van der Waals surface area contributed by atoms with Crippen LogP contribution in [-0.2, 0) is 0 Å². The molecule has 0 fully saturated rings. The zero-order valence-corrected chi connectivity index (χ0v) is 4.52. The molecule has 0 amide bonds. The molecule has 0 atom stereocenters. The minimum Gasteiger partial charge on any atom is -0.352 e. The molecule has 0 N–H and O–H groups in total. The fourth-order valence-electron chi connectivity index (χ4n) is 0.600. The largest absolute Gasteiger partial charge is 0.352 e. The van der Waals surface area contributed by atoms with Gasteiger partial charge >= 0.3 is 0 Å². The smallest absolute Gasteiger partial charge is 0.167 e. The first-order valence-electron chi connectivity index (χ1n) is 2.60. The Morgan fingerprint density at radius 1 is 1.86 bits per heavy atom. The Labute approximate surface area is 43.8 Å². The van der Waals surface area contributed by atoms with E-state index in [9.17, 15) is 0 Å². The van der Waals surface area contributed by atoms with Gasteiger partial charge < -0.3 is 4.90 Å². The van der Waals surface area contributed by atoms with Crippen LogP contribution in [0.4, 0.5) is 0 Å². The lowest BCUT2D eigenvalue weighted by molar-refractivity contribution is 0.494. The molecule has 2 nitrogen and oxygen atoms in total. The predicted octanol–water partition coefficient (Wildman–Crippen LogP) is 0.227. The molecule has 1 aliphatic heterocycles. The summed E-state index contributed by atoms with van der Waals surface area (Å²) in [5.74, 6) is 0. The van der Waals surface area contributed by atoms with E-state index in [0.29, 0.717) is 0 Å². The molecule has 0 aromatic heterocycles. The molecule has 2 heteroatoms. The van der Waals surface area contributed by atoms with Crippen molar-refractivity contribution in [3.05, 3.63) is 0 Å². The molecule has 1 aliphatic rings. The van der Waals surface area contributed by atoms with E-state index in [1.165, 1.54) is 0 Å². The average molecular weight is 97.1 g/mol. The molecule has 0 aliphatic carbocycles. The second-order valence-electron chi connectivity index (χ2n) is 1.56. The van der Waals surface area contributed by atoms with Gasteiger partial charge in [0.25, 0.3) is 0 Å². The van der Waals surface area contributed by atoms with E-state index < -0.39 is 0 Å². The van der Waals surface area contributed by atoms with E-state index in [1.54, 1.807) is 0 Å². The maximum absolute atomic E-state index is 3.91. The second-order valence-corrected chi connectivity index (χ2v) is 1.56. The van der Waals surface area contributed by atoms with Gasteiger partial charge in [0.2, 0.25) is 0 Å². The Hall–Kier alpha value is -0.530. The highest BCUT2D eigenvalue weighted by atomic mass is 15.2. The summed E-state index contributed by atoms with van der Waals surface area (Å²) in [7, 11) is 0. The summed E-state index contributed by atoms with van der Waals surface area (Å²) in [6, 6.07) is 0. The molecule has 0 bridgehead atoms. The lowest BCUT2D eigenvalue weighted by Crippen LogP contribution is -2.18. The lowest BCUT2D eigenvalue weighted by atomic mass is 10.6. The molecular weight excluding hydrogens is 88.1 g/mol. The Bertz CT molecular complexity index is 78.1. The van der Waals surface area contributed by atoms with Gasteiger partial charge in [-0.25, -0.2) is 0 Å². The molecule has 0 unspecified atom stereocenters. The molecule has 0 spiro atoms. The summed E-state index contributed by atoms with van der Waals surface area (Å²) in [4.78, 5) is 5.98. The van der Waals surface area contributed by atoms with Gasteiger partial charge in [0.1, 0.15) is 0 Å². The van der Waals surface area contributed by atoms with Crippen molar-refractivity contribution in [1.82, 2.24) is 4.90 Å². The van der Waals surface area contributed by atoms with Gasteiger partial charge in [0.05, 0.1) is 6.54 Å². The quantitative estimate of drug-likeness (QED) is 0.457. The van der Waals surface area contributed by atoms with Crippen LogP contribution >= 0.6 is 0 Å². The van der Waals surface area contributed by atoms with Crippen LogP contribution in [0.3, 0.4) is 0 Å². The molecule has 1 rings (SSSR count). The normalized spacial score (nSPS) is 18.7. The van der Waals surface area contributed by atoms with Crippen molar-refractivity contribution >= 4 is 6.34 Å². The summed E-state index contributed by atoms with van der Waals surface area (Å²) < 4.78 is 0. The average Bonchev–Trinajstić information content (AvgIpc) is 2.14. The van der Waals surface area contributed by atoms with Gasteiger partial charge in [-0.1, -0.05) is 0 Å². The Kier molecular flexibility index (Phi) is 1.29. The molecule has 1 radical (unpaired) electrons. The molecule has 39 valence electrons. The summed E-state index contributed by atoms with van der Waals surface area (Å²) in [5.41, 5.74) is 0. The molecular formula is C5H9N2. The Morgan fingerprint density at radius 3 is 3.00 bits per heavy atom. The van der Waals surface area contributed by atoms with E-state index >= 15 is 0 Å². The third-order valence-electron chi connectivity index (χ3n) is 1.08. The minimum atomic E-state index is 0.938. The molecule has 1 heterocycles. The van der Waals surface area contributed by atoms with Gasteiger partial charge in [-0.05, 0) is 6.92 Å². The van der Waals surface area contributed by atoms with E-state index in [4.69, 9.17) is 0 Å². The van der Waals surface area contributed by atoms with Crippen LogP contribution in [0.2, 0.25) is 0 Å². The van der Waals surface area contributed by atoms with Crippen molar-refractivity contribution in [2.24, 2.45) is 4.99 Å². The summed E-state index contributed by atoms with van der Waals surface area (Å²) in [6.07, 6.45) is 2.86. The van der Waals surface area contributed by atoms with Crippen molar-refractivity contribution in [2.75, 3.05) is 19.6 Å². The number of hydrogen-bond donors (Lipinski definition) is 0. The maximum atomic E-state index is 3.91. The van der Waals surface area contributed by atoms with Gasteiger partial charge in [0.15, 0.2) is 6.34 Å². The van der Waals surface area contributed by atoms with Crippen molar-refractivity contribution in [3.63, 3.8) is 0 Å². The first-order chi connectivity index (χ1) is 3.43. The Balaban J connectivity index is 2.28. The predicted molar refractivity (Wildman–Crippen MR) is 29.5 cm³/mol.